The molecule has 22 heavy (non-hydrogen) atoms. The number of pyridine rings is 1. The lowest BCUT2D eigenvalue weighted by Gasteiger charge is -2.00. The lowest BCUT2D eigenvalue weighted by atomic mass is 10.3. The Balaban J connectivity index is 1.46. The first kappa shape index (κ1) is 15.3. The van der Waals surface area contributed by atoms with E-state index in [1.165, 1.54) is 4.88 Å². The Hall–Kier alpha value is -1.64. The van der Waals surface area contributed by atoms with Gasteiger partial charge in [-0.15, -0.1) is 21.5 Å². The summed E-state index contributed by atoms with van der Waals surface area (Å²) in [7, 11) is 0. The Morgan fingerprint density at radius 3 is 3.05 bits per heavy atom. The van der Waals surface area contributed by atoms with Gasteiger partial charge in [0.15, 0.2) is 4.34 Å². The average molecular weight is 350 g/mol. The standard InChI is InChI=1S/C14H15N5S3/c15-12-8-10(3-5-16-12)9-21-14-19-18-13(22-14)17-6-4-11-2-1-7-20-11/h1-3,5,7-8H,4,6,9H2,(H2,15,16)(H,17,18). The van der Waals surface area contributed by atoms with Gasteiger partial charge in [-0.3, -0.25) is 0 Å². The fourth-order valence-electron chi connectivity index (χ4n) is 1.82. The molecule has 0 aromatic carbocycles. The third-order valence-corrected chi connectivity index (χ3v) is 5.86. The van der Waals surface area contributed by atoms with Gasteiger partial charge in [0.05, 0.1) is 0 Å². The van der Waals surface area contributed by atoms with E-state index in [2.05, 4.69) is 38.0 Å². The van der Waals surface area contributed by atoms with E-state index in [0.717, 1.165) is 33.8 Å². The average Bonchev–Trinajstić information content (AvgIpc) is 3.17. The maximum absolute atomic E-state index is 5.67. The molecule has 8 heteroatoms. The van der Waals surface area contributed by atoms with Gasteiger partial charge in [0.1, 0.15) is 5.82 Å². The Morgan fingerprint density at radius 1 is 1.27 bits per heavy atom. The summed E-state index contributed by atoms with van der Waals surface area (Å²) in [6, 6.07) is 8.07. The van der Waals surface area contributed by atoms with Gasteiger partial charge >= 0.3 is 0 Å². The van der Waals surface area contributed by atoms with Crippen molar-refractivity contribution in [1.29, 1.82) is 0 Å². The summed E-state index contributed by atoms with van der Waals surface area (Å²) in [4.78, 5) is 5.36. The molecule has 5 nitrogen and oxygen atoms in total. The minimum Gasteiger partial charge on any atom is -0.384 e. The molecule has 0 bridgehead atoms. The van der Waals surface area contributed by atoms with E-state index in [1.807, 2.05) is 12.1 Å². The lowest BCUT2D eigenvalue weighted by molar-refractivity contribution is 0.980. The largest absolute Gasteiger partial charge is 0.384 e. The number of thioether (sulfide) groups is 1. The number of hydrogen-bond donors (Lipinski definition) is 2. The van der Waals surface area contributed by atoms with Crippen LogP contribution in [-0.2, 0) is 12.2 Å². The van der Waals surface area contributed by atoms with Crippen LogP contribution in [0.5, 0.6) is 0 Å². The number of anilines is 2. The number of rotatable bonds is 7. The summed E-state index contributed by atoms with van der Waals surface area (Å²) in [5, 5.41) is 14.6. The van der Waals surface area contributed by atoms with Gasteiger partial charge in [0.25, 0.3) is 0 Å². The Bertz CT molecular complexity index is 711. The lowest BCUT2D eigenvalue weighted by Crippen LogP contribution is -2.03. The highest BCUT2D eigenvalue weighted by molar-refractivity contribution is 8.00. The molecule has 0 amide bonds. The molecule has 0 saturated heterocycles. The first-order chi connectivity index (χ1) is 10.8. The maximum Gasteiger partial charge on any atom is 0.206 e. The second-order valence-corrected chi connectivity index (χ2v) is 7.74. The molecule has 0 aliphatic carbocycles. The second-order valence-electron chi connectivity index (χ2n) is 4.51. The third kappa shape index (κ3) is 4.43. The Labute approximate surface area is 141 Å². The zero-order valence-electron chi connectivity index (χ0n) is 11.7. The molecule has 3 heterocycles. The van der Waals surface area contributed by atoms with Crippen LogP contribution in [0.3, 0.4) is 0 Å². The van der Waals surface area contributed by atoms with Crippen molar-refractivity contribution < 1.29 is 0 Å². The summed E-state index contributed by atoms with van der Waals surface area (Å²) in [6.45, 7) is 0.876. The number of thiophene rings is 1. The highest BCUT2D eigenvalue weighted by atomic mass is 32.2. The molecule has 3 aromatic heterocycles. The summed E-state index contributed by atoms with van der Waals surface area (Å²) in [6.07, 6.45) is 2.74. The van der Waals surface area contributed by atoms with E-state index >= 15 is 0 Å². The van der Waals surface area contributed by atoms with Gasteiger partial charge in [-0.2, -0.15) is 0 Å². The van der Waals surface area contributed by atoms with Crippen LogP contribution in [0, 0.1) is 0 Å². The smallest absolute Gasteiger partial charge is 0.206 e. The minimum absolute atomic E-state index is 0.547. The van der Waals surface area contributed by atoms with Gasteiger partial charge in [-0.1, -0.05) is 29.2 Å². The van der Waals surface area contributed by atoms with Crippen LogP contribution in [0.15, 0.2) is 40.2 Å². The number of aromatic nitrogens is 3. The van der Waals surface area contributed by atoms with Crippen molar-refractivity contribution in [1.82, 2.24) is 15.2 Å². The van der Waals surface area contributed by atoms with Gasteiger partial charge in [-0.05, 0) is 35.6 Å². The van der Waals surface area contributed by atoms with Crippen LogP contribution in [0.2, 0.25) is 0 Å². The van der Waals surface area contributed by atoms with Crippen LogP contribution >= 0.6 is 34.4 Å². The number of nitrogen functional groups attached to an aromatic ring is 1. The number of nitrogens with zero attached hydrogens (tertiary/aromatic N) is 3. The SMILES string of the molecule is Nc1cc(CSc2nnc(NCCc3cccs3)s2)ccn1. The van der Waals surface area contributed by atoms with Gasteiger partial charge in [0, 0.05) is 23.4 Å². The molecule has 0 aliphatic rings. The molecule has 0 unspecified atom stereocenters. The molecule has 0 fully saturated rings. The van der Waals surface area contributed by atoms with Crippen LogP contribution in [-0.4, -0.2) is 21.7 Å². The monoisotopic (exact) mass is 349 g/mol. The van der Waals surface area contributed by atoms with E-state index in [0.29, 0.717) is 5.82 Å². The second kappa shape index (κ2) is 7.57. The van der Waals surface area contributed by atoms with Crippen molar-refractivity contribution in [3.63, 3.8) is 0 Å². The molecule has 0 saturated carbocycles. The highest BCUT2D eigenvalue weighted by Crippen LogP contribution is 2.28. The highest BCUT2D eigenvalue weighted by Gasteiger charge is 2.05. The first-order valence-corrected chi connectivity index (χ1v) is 9.41. The van der Waals surface area contributed by atoms with Crippen LogP contribution < -0.4 is 11.1 Å². The number of nitrogens with two attached hydrogens (primary N) is 1. The van der Waals surface area contributed by atoms with E-state index in [4.69, 9.17) is 5.73 Å². The van der Waals surface area contributed by atoms with E-state index in [1.54, 1.807) is 40.6 Å². The fourth-order valence-corrected chi connectivity index (χ4v) is 4.25. The predicted molar refractivity (Wildman–Crippen MR) is 94.6 cm³/mol. The van der Waals surface area contributed by atoms with Gasteiger partial charge < -0.3 is 11.1 Å². The quantitative estimate of drug-likeness (QED) is 0.636. The molecule has 114 valence electrons. The first-order valence-electron chi connectivity index (χ1n) is 6.72. The number of hydrogen-bond acceptors (Lipinski definition) is 8. The molecule has 3 N–H and O–H groups in total. The molecular weight excluding hydrogens is 334 g/mol. The molecule has 0 spiro atoms. The minimum atomic E-state index is 0.547. The Kier molecular flexibility index (Phi) is 5.25. The molecule has 3 aromatic rings. The van der Waals surface area contributed by atoms with Gasteiger partial charge in [-0.25, -0.2) is 4.98 Å². The van der Waals surface area contributed by atoms with Crippen LogP contribution in [0.25, 0.3) is 0 Å². The normalized spacial score (nSPS) is 10.7. The molecular formula is C14H15N5S3. The van der Waals surface area contributed by atoms with Crippen molar-refractivity contribution in [3.8, 4) is 0 Å². The predicted octanol–water partition coefficient (Wildman–Crippen LogP) is 3.52. The van der Waals surface area contributed by atoms with Crippen molar-refractivity contribution in [3.05, 3.63) is 46.3 Å². The maximum atomic E-state index is 5.67. The topological polar surface area (TPSA) is 76.7 Å². The fraction of sp³-hybridized carbons (Fsp3) is 0.214. The van der Waals surface area contributed by atoms with E-state index < -0.39 is 0 Å². The van der Waals surface area contributed by atoms with Crippen LogP contribution in [0.4, 0.5) is 10.9 Å². The summed E-state index contributed by atoms with van der Waals surface area (Å²) in [5.74, 6) is 1.36. The van der Waals surface area contributed by atoms with E-state index in [-0.39, 0.29) is 0 Å². The van der Waals surface area contributed by atoms with Crippen molar-refractivity contribution in [2.45, 2.75) is 16.5 Å². The molecule has 0 atom stereocenters. The van der Waals surface area contributed by atoms with Crippen LogP contribution in [0.1, 0.15) is 10.4 Å². The summed E-state index contributed by atoms with van der Waals surface area (Å²) >= 11 is 5.02. The molecule has 0 radical (unpaired) electrons. The summed E-state index contributed by atoms with van der Waals surface area (Å²) < 4.78 is 0.953. The van der Waals surface area contributed by atoms with Crippen molar-refractivity contribution in [2.75, 3.05) is 17.6 Å². The van der Waals surface area contributed by atoms with Crippen molar-refractivity contribution in [2.24, 2.45) is 0 Å². The zero-order valence-corrected chi connectivity index (χ0v) is 14.2. The zero-order chi connectivity index (χ0) is 15.2. The van der Waals surface area contributed by atoms with Gasteiger partial charge in [0.2, 0.25) is 5.13 Å². The van der Waals surface area contributed by atoms with E-state index in [9.17, 15) is 0 Å². The molecule has 3 rings (SSSR count). The Morgan fingerprint density at radius 2 is 2.23 bits per heavy atom. The third-order valence-electron chi connectivity index (χ3n) is 2.84. The number of nitrogens with one attached hydrogen (secondary N) is 1. The van der Waals surface area contributed by atoms with Crippen molar-refractivity contribution >= 4 is 45.4 Å². The molecule has 0 aliphatic heterocycles. The summed E-state index contributed by atoms with van der Waals surface area (Å²) in [5.41, 5.74) is 6.81.